The van der Waals surface area contributed by atoms with Crippen LogP contribution >= 0.6 is 12.4 Å². The van der Waals surface area contributed by atoms with Gasteiger partial charge in [-0.15, -0.1) is 12.4 Å². The van der Waals surface area contributed by atoms with Crippen LogP contribution in [-0.4, -0.2) is 37.0 Å². The van der Waals surface area contributed by atoms with Crippen molar-refractivity contribution in [1.29, 1.82) is 0 Å². The minimum Gasteiger partial charge on any atom is -0.497 e. The van der Waals surface area contributed by atoms with E-state index in [1.165, 1.54) is 5.56 Å². The molecule has 1 aliphatic heterocycles. The number of halogens is 1. The molecule has 2 atom stereocenters. The maximum atomic E-state index is 12.5. The molecule has 1 saturated heterocycles. The van der Waals surface area contributed by atoms with Crippen LogP contribution in [0, 0.1) is 0 Å². The van der Waals surface area contributed by atoms with Crippen molar-refractivity contribution in [3.05, 3.63) is 65.7 Å². The van der Waals surface area contributed by atoms with Gasteiger partial charge in [0.05, 0.1) is 13.5 Å². The van der Waals surface area contributed by atoms with E-state index in [4.69, 9.17) is 10.5 Å². The second-order valence-corrected chi connectivity index (χ2v) is 6.00. The van der Waals surface area contributed by atoms with Gasteiger partial charge in [-0.05, 0) is 23.3 Å². The van der Waals surface area contributed by atoms with Crippen molar-refractivity contribution in [2.45, 2.75) is 18.4 Å². The number of likely N-dealkylation sites (tertiary alicyclic amines) is 1. The van der Waals surface area contributed by atoms with Crippen LogP contribution in [0.4, 0.5) is 0 Å². The molecule has 1 aliphatic rings. The fraction of sp³-hybridized carbons (Fsp3) is 0.316. The van der Waals surface area contributed by atoms with E-state index < -0.39 is 0 Å². The van der Waals surface area contributed by atoms with Crippen LogP contribution in [-0.2, 0) is 11.2 Å². The molecule has 1 heterocycles. The van der Waals surface area contributed by atoms with Gasteiger partial charge in [0.1, 0.15) is 5.75 Å². The highest BCUT2D eigenvalue weighted by Gasteiger charge is 2.33. The van der Waals surface area contributed by atoms with E-state index in [0.717, 1.165) is 11.3 Å². The zero-order valence-corrected chi connectivity index (χ0v) is 14.5. The Morgan fingerprint density at radius 1 is 1.12 bits per heavy atom. The van der Waals surface area contributed by atoms with Crippen molar-refractivity contribution in [3.63, 3.8) is 0 Å². The summed E-state index contributed by atoms with van der Waals surface area (Å²) in [6.45, 7) is 1.31. The number of benzene rings is 2. The molecule has 24 heavy (non-hydrogen) atoms. The third-order valence-corrected chi connectivity index (χ3v) is 4.46. The number of carbonyl (C=O) groups is 1. The molecule has 0 unspecified atom stereocenters. The maximum Gasteiger partial charge on any atom is 0.227 e. The molecule has 5 heteroatoms. The first-order valence-corrected chi connectivity index (χ1v) is 7.88. The first kappa shape index (κ1) is 18.3. The maximum absolute atomic E-state index is 12.5. The van der Waals surface area contributed by atoms with E-state index >= 15 is 0 Å². The second kappa shape index (κ2) is 8.18. The molecule has 128 valence electrons. The van der Waals surface area contributed by atoms with Gasteiger partial charge in [0.2, 0.25) is 5.91 Å². The van der Waals surface area contributed by atoms with Gasteiger partial charge < -0.3 is 15.4 Å². The average molecular weight is 347 g/mol. The van der Waals surface area contributed by atoms with Gasteiger partial charge in [0.25, 0.3) is 0 Å². The number of methoxy groups -OCH3 is 1. The first-order valence-electron chi connectivity index (χ1n) is 7.88. The van der Waals surface area contributed by atoms with Crippen LogP contribution in [0.15, 0.2) is 54.6 Å². The van der Waals surface area contributed by atoms with Crippen LogP contribution in [0.3, 0.4) is 0 Å². The number of ether oxygens (including phenoxy) is 1. The lowest BCUT2D eigenvalue weighted by Crippen LogP contribution is -2.33. The molecular formula is C19H23ClN2O2. The molecule has 0 aromatic heterocycles. The van der Waals surface area contributed by atoms with Gasteiger partial charge in [0.15, 0.2) is 0 Å². The predicted octanol–water partition coefficient (Wildman–Crippen LogP) is 2.61. The second-order valence-electron chi connectivity index (χ2n) is 6.00. The summed E-state index contributed by atoms with van der Waals surface area (Å²) in [6, 6.07) is 17.8. The van der Waals surface area contributed by atoms with Crippen molar-refractivity contribution in [2.24, 2.45) is 5.73 Å². The average Bonchev–Trinajstić information content (AvgIpc) is 2.98. The number of nitrogens with zero attached hydrogens (tertiary/aromatic N) is 1. The van der Waals surface area contributed by atoms with Crippen LogP contribution in [0.5, 0.6) is 5.75 Å². The smallest absolute Gasteiger partial charge is 0.227 e. The molecule has 0 spiro atoms. The number of rotatable bonds is 4. The summed E-state index contributed by atoms with van der Waals surface area (Å²) >= 11 is 0. The SMILES string of the molecule is COc1ccc(CC(=O)N2C[C@@H](N)[C@H](c3ccccc3)C2)cc1.Cl. The van der Waals surface area contributed by atoms with Gasteiger partial charge in [-0.3, -0.25) is 4.79 Å². The van der Waals surface area contributed by atoms with E-state index in [0.29, 0.717) is 19.5 Å². The zero-order valence-electron chi connectivity index (χ0n) is 13.7. The van der Waals surface area contributed by atoms with Crippen LogP contribution < -0.4 is 10.5 Å². The largest absolute Gasteiger partial charge is 0.497 e. The van der Waals surface area contributed by atoms with E-state index in [-0.39, 0.29) is 30.3 Å². The highest BCUT2D eigenvalue weighted by Crippen LogP contribution is 2.26. The Labute approximate surface area is 149 Å². The van der Waals surface area contributed by atoms with Crippen molar-refractivity contribution in [3.8, 4) is 5.75 Å². The first-order chi connectivity index (χ1) is 11.2. The Morgan fingerprint density at radius 3 is 2.42 bits per heavy atom. The van der Waals surface area contributed by atoms with Crippen LogP contribution in [0.1, 0.15) is 17.0 Å². The van der Waals surface area contributed by atoms with Crippen LogP contribution in [0.25, 0.3) is 0 Å². The summed E-state index contributed by atoms with van der Waals surface area (Å²) in [7, 11) is 1.63. The molecule has 0 radical (unpaired) electrons. The molecule has 0 bridgehead atoms. The Bertz CT molecular complexity index is 661. The van der Waals surface area contributed by atoms with Crippen molar-refractivity contribution >= 4 is 18.3 Å². The standard InChI is InChI=1S/C19H22N2O2.ClH/c1-23-16-9-7-14(8-10-16)11-19(22)21-12-17(18(20)13-21)15-5-3-2-4-6-15;/h2-10,17-18H,11-13,20H2,1H3;1H/t17-,18+;/m0./s1. The summed E-state index contributed by atoms with van der Waals surface area (Å²) in [5.41, 5.74) is 8.46. The number of carbonyl (C=O) groups excluding carboxylic acids is 1. The van der Waals surface area contributed by atoms with Gasteiger partial charge in [-0.25, -0.2) is 0 Å². The van der Waals surface area contributed by atoms with Gasteiger partial charge in [-0.1, -0.05) is 42.5 Å². The fourth-order valence-electron chi connectivity index (χ4n) is 3.12. The van der Waals surface area contributed by atoms with Crippen LogP contribution in [0.2, 0.25) is 0 Å². The van der Waals surface area contributed by atoms with E-state index in [9.17, 15) is 4.79 Å². The third kappa shape index (κ3) is 4.08. The molecule has 2 aromatic rings. The summed E-state index contributed by atoms with van der Waals surface area (Å²) in [5.74, 6) is 1.15. The van der Waals surface area contributed by atoms with Gasteiger partial charge >= 0.3 is 0 Å². The lowest BCUT2D eigenvalue weighted by atomic mass is 9.95. The molecule has 3 rings (SSSR count). The van der Waals surface area contributed by atoms with Crippen molar-refractivity contribution in [1.82, 2.24) is 4.90 Å². The molecular weight excluding hydrogens is 324 g/mol. The number of hydrogen-bond acceptors (Lipinski definition) is 3. The monoisotopic (exact) mass is 346 g/mol. The molecule has 4 nitrogen and oxygen atoms in total. The van der Waals surface area contributed by atoms with Crippen molar-refractivity contribution < 1.29 is 9.53 Å². The Hall–Kier alpha value is -2.04. The number of hydrogen-bond donors (Lipinski definition) is 1. The summed E-state index contributed by atoms with van der Waals surface area (Å²) in [4.78, 5) is 14.4. The summed E-state index contributed by atoms with van der Waals surface area (Å²) in [5, 5.41) is 0. The normalized spacial score (nSPS) is 19.7. The minimum absolute atomic E-state index is 0. The third-order valence-electron chi connectivity index (χ3n) is 4.46. The molecule has 2 N–H and O–H groups in total. The molecule has 0 saturated carbocycles. The van der Waals surface area contributed by atoms with E-state index in [1.807, 2.05) is 47.4 Å². The number of amides is 1. The molecule has 1 fully saturated rings. The topological polar surface area (TPSA) is 55.6 Å². The van der Waals surface area contributed by atoms with Gasteiger partial charge in [0, 0.05) is 25.0 Å². The lowest BCUT2D eigenvalue weighted by Gasteiger charge is -2.16. The summed E-state index contributed by atoms with van der Waals surface area (Å²) in [6.07, 6.45) is 0.401. The quantitative estimate of drug-likeness (QED) is 0.925. The molecule has 0 aliphatic carbocycles. The minimum atomic E-state index is -0.00258. The zero-order chi connectivity index (χ0) is 16.2. The van der Waals surface area contributed by atoms with E-state index in [1.54, 1.807) is 7.11 Å². The van der Waals surface area contributed by atoms with E-state index in [2.05, 4.69) is 12.1 Å². The summed E-state index contributed by atoms with van der Waals surface area (Å²) < 4.78 is 5.14. The Balaban J connectivity index is 0.00000208. The van der Waals surface area contributed by atoms with Crippen molar-refractivity contribution in [2.75, 3.05) is 20.2 Å². The lowest BCUT2D eigenvalue weighted by molar-refractivity contribution is -0.129. The number of nitrogens with two attached hydrogens (primary N) is 1. The molecule has 2 aromatic carbocycles. The predicted molar refractivity (Wildman–Crippen MR) is 97.7 cm³/mol. The highest BCUT2D eigenvalue weighted by atomic mass is 35.5. The van der Waals surface area contributed by atoms with Gasteiger partial charge in [-0.2, -0.15) is 0 Å². The Kier molecular flexibility index (Phi) is 6.23. The Morgan fingerprint density at radius 2 is 1.79 bits per heavy atom. The fourth-order valence-corrected chi connectivity index (χ4v) is 3.12. The highest BCUT2D eigenvalue weighted by molar-refractivity contribution is 5.85. The molecule has 1 amide bonds.